The quantitative estimate of drug-likeness (QED) is 0.756. The molecular weight excluding hydrogens is 220 g/mol. The fourth-order valence-corrected chi connectivity index (χ4v) is 2.92. The predicted octanol–water partition coefficient (Wildman–Crippen LogP) is 2.72. The van der Waals surface area contributed by atoms with E-state index in [-0.39, 0.29) is 5.78 Å². The Morgan fingerprint density at radius 2 is 2.19 bits per heavy atom. The fourth-order valence-electron chi connectivity index (χ4n) is 1.87. The second-order valence-electron chi connectivity index (χ2n) is 3.79. The molecule has 1 aliphatic rings. The van der Waals surface area contributed by atoms with Gasteiger partial charge in [0.05, 0.1) is 16.3 Å². The Bertz CT molecular complexity index is 533. The lowest BCUT2D eigenvalue weighted by Crippen LogP contribution is -2.07. The topological polar surface area (TPSA) is 42.9 Å². The maximum absolute atomic E-state index is 11.7. The van der Waals surface area contributed by atoms with E-state index in [0.29, 0.717) is 6.42 Å². The molecule has 0 atom stereocenters. The Hall–Kier alpha value is -1.55. The molecule has 4 heteroatoms. The molecule has 80 valence electrons. The number of hydrogen-bond donors (Lipinski definition) is 0. The molecule has 0 unspecified atom stereocenters. The van der Waals surface area contributed by atoms with Crippen LogP contribution in [0.4, 0.5) is 0 Å². The van der Waals surface area contributed by atoms with Crippen molar-refractivity contribution in [3.63, 3.8) is 0 Å². The minimum absolute atomic E-state index is 0.237. The predicted molar refractivity (Wildman–Crippen MR) is 62.6 cm³/mol. The summed E-state index contributed by atoms with van der Waals surface area (Å²) in [4.78, 5) is 21.3. The summed E-state index contributed by atoms with van der Waals surface area (Å²) in [5, 5.41) is 0.862. The third-order valence-electron chi connectivity index (χ3n) is 2.65. The minimum Gasteiger partial charge on any atom is -0.293 e. The number of hydrogen-bond acceptors (Lipinski definition) is 4. The molecule has 0 radical (unpaired) electrons. The van der Waals surface area contributed by atoms with Crippen LogP contribution in [0, 0.1) is 0 Å². The molecule has 0 aliphatic heterocycles. The van der Waals surface area contributed by atoms with E-state index in [9.17, 15) is 4.79 Å². The molecule has 3 nitrogen and oxygen atoms in total. The van der Waals surface area contributed by atoms with Gasteiger partial charge in [0, 0.05) is 12.6 Å². The summed E-state index contributed by atoms with van der Waals surface area (Å²) in [6.07, 6.45) is 4.26. The van der Waals surface area contributed by atoms with E-state index in [4.69, 9.17) is 0 Å². The second-order valence-corrected chi connectivity index (χ2v) is 4.79. The van der Waals surface area contributed by atoms with Gasteiger partial charge in [-0.1, -0.05) is 6.07 Å². The van der Waals surface area contributed by atoms with E-state index in [1.165, 1.54) is 11.3 Å². The van der Waals surface area contributed by atoms with Crippen LogP contribution in [-0.4, -0.2) is 15.8 Å². The van der Waals surface area contributed by atoms with E-state index in [2.05, 4.69) is 9.97 Å². The van der Waals surface area contributed by atoms with E-state index < -0.39 is 0 Å². The summed E-state index contributed by atoms with van der Waals surface area (Å²) in [6, 6.07) is 5.74. The van der Waals surface area contributed by atoms with Crippen LogP contribution < -0.4 is 0 Å². The van der Waals surface area contributed by atoms with Crippen LogP contribution in [0.1, 0.15) is 28.2 Å². The number of thiazole rings is 1. The van der Waals surface area contributed by atoms with Gasteiger partial charge in [0.25, 0.3) is 0 Å². The van der Waals surface area contributed by atoms with Gasteiger partial charge in [0.2, 0.25) is 0 Å². The van der Waals surface area contributed by atoms with Gasteiger partial charge in [-0.2, -0.15) is 0 Å². The van der Waals surface area contributed by atoms with Crippen LogP contribution >= 0.6 is 11.3 Å². The zero-order chi connectivity index (χ0) is 11.0. The van der Waals surface area contributed by atoms with Crippen molar-refractivity contribution in [3.05, 3.63) is 35.0 Å². The van der Waals surface area contributed by atoms with Crippen LogP contribution in [0.3, 0.4) is 0 Å². The average molecular weight is 230 g/mol. The van der Waals surface area contributed by atoms with Crippen LogP contribution in [0.2, 0.25) is 0 Å². The number of pyridine rings is 1. The summed E-state index contributed by atoms with van der Waals surface area (Å²) >= 11 is 1.47. The monoisotopic (exact) mass is 230 g/mol. The maximum atomic E-state index is 11.7. The van der Waals surface area contributed by atoms with E-state index in [1.807, 2.05) is 18.2 Å². The van der Waals surface area contributed by atoms with Crippen molar-refractivity contribution in [2.45, 2.75) is 19.3 Å². The number of Topliss-reactive ketones (excluding diaryl/α,β-unsaturated/α-hetero) is 1. The molecule has 16 heavy (non-hydrogen) atoms. The first-order chi connectivity index (χ1) is 7.84. The number of aromatic nitrogens is 2. The molecule has 0 aromatic carbocycles. The lowest BCUT2D eigenvalue weighted by Gasteiger charge is -2.06. The van der Waals surface area contributed by atoms with Crippen LogP contribution in [0.15, 0.2) is 24.4 Å². The Morgan fingerprint density at radius 1 is 1.25 bits per heavy atom. The first kappa shape index (κ1) is 9.66. The fraction of sp³-hybridized carbons (Fsp3) is 0.250. The first-order valence-corrected chi connectivity index (χ1v) is 6.10. The number of nitrogens with zero attached hydrogens (tertiary/aromatic N) is 2. The van der Waals surface area contributed by atoms with Gasteiger partial charge in [-0.05, 0) is 25.0 Å². The summed E-state index contributed by atoms with van der Waals surface area (Å²) in [7, 11) is 0. The van der Waals surface area contributed by atoms with E-state index in [0.717, 1.165) is 34.1 Å². The molecule has 2 heterocycles. The summed E-state index contributed by atoms with van der Waals surface area (Å²) in [5.74, 6) is 0.237. The van der Waals surface area contributed by atoms with Gasteiger partial charge >= 0.3 is 0 Å². The standard InChI is InChI=1S/C12H10N2OS/c15-10-6-3-5-8-11(10)16-12(14-8)9-4-1-2-7-13-9/h1-2,4,7H,3,5-6H2. The number of fused-ring (bicyclic) bond motifs is 1. The smallest absolute Gasteiger partial charge is 0.174 e. The number of aryl methyl sites for hydroxylation is 1. The lowest BCUT2D eigenvalue weighted by molar-refractivity contribution is 0.0976. The first-order valence-electron chi connectivity index (χ1n) is 5.29. The third-order valence-corrected chi connectivity index (χ3v) is 3.81. The molecule has 1 aliphatic carbocycles. The highest BCUT2D eigenvalue weighted by Gasteiger charge is 2.22. The van der Waals surface area contributed by atoms with Gasteiger partial charge < -0.3 is 0 Å². The third kappa shape index (κ3) is 1.55. The van der Waals surface area contributed by atoms with Crippen molar-refractivity contribution in [1.82, 2.24) is 9.97 Å². The van der Waals surface area contributed by atoms with Crippen molar-refractivity contribution in [2.75, 3.05) is 0 Å². The minimum atomic E-state index is 0.237. The molecule has 0 bridgehead atoms. The van der Waals surface area contributed by atoms with Gasteiger partial charge in [0.1, 0.15) is 5.01 Å². The Morgan fingerprint density at radius 3 is 2.94 bits per heavy atom. The average Bonchev–Trinajstić information content (AvgIpc) is 2.76. The zero-order valence-electron chi connectivity index (χ0n) is 8.64. The number of rotatable bonds is 1. The van der Waals surface area contributed by atoms with Crippen LogP contribution in [0.5, 0.6) is 0 Å². The Kier molecular flexibility index (Phi) is 2.29. The van der Waals surface area contributed by atoms with Gasteiger partial charge in [-0.25, -0.2) is 4.98 Å². The molecule has 3 rings (SSSR count). The summed E-state index contributed by atoms with van der Waals surface area (Å²) in [5.41, 5.74) is 1.82. The molecule has 0 amide bonds. The Balaban J connectivity index is 2.08. The van der Waals surface area contributed by atoms with Crippen molar-refractivity contribution in [3.8, 4) is 10.7 Å². The summed E-state index contributed by atoms with van der Waals surface area (Å²) in [6.45, 7) is 0. The molecule has 0 fully saturated rings. The maximum Gasteiger partial charge on any atom is 0.174 e. The van der Waals surface area contributed by atoms with E-state index in [1.54, 1.807) is 6.20 Å². The molecule has 2 aromatic rings. The number of carbonyl (C=O) groups is 1. The van der Waals surface area contributed by atoms with Crippen molar-refractivity contribution >= 4 is 17.1 Å². The zero-order valence-corrected chi connectivity index (χ0v) is 9.46. The van der Waals surface area contributed by atoms with Gasteiger partial charge in [-0.15, -0.1) is 11.3 Å². The molecular formula is C12H10N2OS. The molecule has 0 N–H and O–H groups in total. The molecule has 0 spiro atoms. The number of ketones is 1. The van der Waals surface area contributed by atoms with Crippen LogP contribution in [-0.2, 0) is 6.42 Å². The largest absolute Gasteiger partial charge is 0.293 e. The summed E-state index contributed by atoms with van der Waals surface area (Å²) < 4.78 is 0. The van der Waals surface area contributed by atoms with Crippen molar-refractivity contribution in [2.24, 2.45) is 0 Å². The highest BCUT2D eigenvalue weighted by atomic mass is 32.1. The van der Waals surface area contributed by atoms with Crippen molar-refractivity contribution < 1.29 is 4.79 Å². The number of carbonyl (C=O) groups excluding carboxylic acids is 1. The van der Waals surface area contributed by atoms with Crippen LogP contribution in [0.25, 0.3) is 10.7 Å². The Labute approximate surface area is 97.2 Å². The van der Waals surface area contributed by atoms with Crippen molar-refractivity contribution in [1.29, 1.82) is 0 Å². The SMILES string of the molecule is O=C1CCCc2nc(-c3ccccn3)sc21. The lowest BCUT2D eigenvalue weighted by atomic mass is 10.0. The second kappa shape index (κ2) is 3.79. The van der Waals surface area contributed by atoms with Gasteiger partial charge in [0.15, 0.2) is 5.78 Å². The van der Waals surface area contributed by atoms with Gasteiger partial charge in [-0.3, -0.25) is 9.78 Å². The molecule has 2 aromatic heterocycles. The normalized spacial score (nSPS) is 14.9. The molecule has 0 saturated heterocycles. The highest BCUT2D eigenvalue weighted by molar-refractivity contribution is 7.17. The molecule has 0 saturated carbocycles. The highest BCUT2D eigenvalue weighted by Crippen LogP contribution is 2.31. The van der Waals surface area contributed by atoms with E-state index >= 15 is 0 Å².